The lowest BCUT2D eigenvalue weighted by molar-refractivity contribution is -0.163. The van der Waals surface area contributed by atoms with Crippen LogP contribution in [0, 0.1) is 0 Å². The van der Waals surface area contributed by atoms with Crippen LogP contribution >= 0.6 is 6.89 Å². The first-order valence-corrected chi connectivity index (χ1v) is 12.0. The Labute approximate surface area is 193 Å². The lowest BCUT2D eigenvalue weighted by Gasteiger charge is -2.34. The van der Waals surface area contributed by atoms with Crippen LogP contribution in [-0.4, -0.2) is 23.4 Å². The molecule has 8 heteroatoms. The summed E-state index contributed by atoms with van der Waals surface area (Å²) in [4.78, 5) is 13.1. The molecule has 178 valence electrons. The van der Waals surface area contributed by atoms with Gasteiger partial charge in [-0.3, -0.25) is 4.79 Å². The lowest BCUT2D eigenvalue weighted by Crippen LogP contribution is -2.42. The van der Waals surface area contributed by atoms with E-state index in [0.29, 0.717) is 0 Å². The van der Waals surface area contributed by atoms with Gasteiger partial charge in [-0.25, -0.2) is 0 Å². The number of hydrogen-bond acceptors (Lipinski definition) is 1. The number of halogens is 6. The molecule has 1 nitrogen and oxygen atoms in total. The number of hydrogen-bond donors (Lipinski definition) is 0. The summed E-state index contributed by atoms with van der Waals surface area (Å²) in [5.41, 5.74) is -1.97. The Morgan fingerprint density at radius 2 is 0.912 bits per heavy atom. The van der Waals surface area contributed by atoms with E-state index in [1.165, 1.54) is 36.4 Å². The monoisotopic (exact) mass is 494 g/mol. The third-order valence-electron chi connectivity index (χ3n) is 5.26. The molecule has 0 aliphatic carbocycles. The molecule has 0 bridgehead atoms. The highest BCUT2D eigenvalue weighted by Crippen LogP contribution is 2.51. The summed E-state index contributed by atoms with van der Waals surface area (Å²) in [6.07, 6.45) is -10.7. The predicted molar refractivity (Wildman–Crippen MR) is 126 cm³/mol. The van der Waals surface area contributed by atoms with E-state index in [1.54, 1.807) is 54.6 Å². The molecule has 3 aromatic carbocycles. The van der Waals surface area contributed by atoms with Crippen LogP contribution in [0.4, 0.5) is 26.3 Å². The van der Waals surface area contributed by atoms with Crippen LogP contribution < -0.4 is 15.9 Å². The number of benzene rings is 3. The highest BCUT2D eigenvalue weighted by molar-refractivity contribution is 7.96. The van der Waals surface area contributed by atoms with Gasteiger partial charge in [0.1, 0.15) is 0 Å². The molecule has 0 amide bonds. The lowest BCUT2D eigenvalue weighted by atomic mass is 10.0. The molecule has 0 atom stereocenters. The normalized spacial score (nSPS) is 12.2. The van der Waals surface area contributed by atoms with Crippen molar-refractivity contribution in [3.63, 3.8) is 0 Å². The molecule has 3 rings (SSSR count). The highest BCUT2D eigenvalue weighted by atomic mass is 31.2. The second kappa shape index (κ2) is 9.67. The summed E-state index contributed by atoms with van der Waals surface area (Å²) in [5.74, 6) is -2.49. The Morgan fingerprint density at radius 3 is 1.15 bits per heavy atom. The summed E-state index contributed by atoms with van der Waals surface area (Å²) in [7, 11) is 0. The molecule has 0 saturated heterocycles. The van der Waals surface area contributed by atoms with Crippen LogP contribution in [0.25, 0.3) is 0 Å². The van der Waals surface area contributed by atoms with Crippen molar-refractivity contribution in [2.45, 2.75) is 26.2 Å². The molecular weight excluding hydrogens is 473 g/mol. The molecule has 0 fully saturated rings. The van der Waals surface area contributed by atoms with E-state index in [1.807, 2.05) is 0 Å². The van der Waals surface area contributed by atoms with Crippen molar-refractivity contribution < 1.29 is 31.1 Å². The van der Waals surface area contributed by atoms with E-state index in [9.17, 15) is 31.1 Å². The second-order valence-corrected chi connectivity index (χ2v) is 11.1. The van der Waals surface area contributed by atoms with Gasteiger partial charge in [-0.1, -0.05) is 96.6 Å². The quantitative estimate of drug-likeness (QED) is 0.306. The van der Waals surface area contributed by atoms with Crippen molar-refractivity contribution in [2.75, 3.05) is 0 Å². The van der Waals surface area contributed by atoms with Gasteiger partial charge in [-0.2, -0.15) is 26.3 Å². The van der Waals surface area contributed by atoms with Gasteiger partial charge in [-0.15, -0.1) is 0 Å². The van der Waals surface area contributed by atoms with E-state index in [4.69, 9.17) is 0 Å². The molecule has 0 N–H and O–H groups in total. The SMILES string of the molecule is CC(C)=C(C(C(=O)C(F)(F)F)=P(c1ccccc1)(c1ccccc1)c1ccccc1)C(F)(F)F. The zero-order chi connectivity index (χ0) is 25.1. The maximum Gasteiger partial charge on any atom is 0.454 e. The zero-order valence-corrected chi connectivity index (χ0v) is 19.2. The minimum absolute atomic E-state index is 0.211. The van der Waals surface area contributed by atoms with Crippen molar-refractivity contribution in [1.82, 2.24) is 0 Å². The molecule has 34 heavy (non-hydrogen) atoms. The first-order chi connectivity index (χ1) is 15.9. The zero-order valence-electron chi connectivity index (χ0n) is 18.3. The van der Waals surface area contributed by atoms with Crippen molar-refractivity contribution in [1.29, 1.82) is 0 Å². The summed E-state index contributed by atoms with van der Waals surface area (Å²) in [6.45, 7) is -1.81. The highest BCUT2D eigenvalue weighted by Gasteiger charge is 2.52. The number of carbonyl (C=O) groups excluding carboxylic acids is 1. The maximum absolute atomic E-state index is 14.5. The fourth-order valence-corrected chi connectivity index (χ4v) is 8.66. The minimum atomic E-state index is -5.52. The third-order valence-corrected chi connectivity index (χ3v) is 9.57. The average Bonchev–Trinajstić information content (AvgIpc) is 2.79. The summed E-state index contributed by atoms with van der Waals surface area (Å²) < 4.78 is 85.5. The summed E-state index contributed by atoms with van der Waals surface area (Å²) in [6, 6.07) is 23.0. The van der Waals surface area contributed by atoms with Gasteiger partial charge in [0.2, 0.25) is 0 Å². The fourth-order valence-electron chi connectivity index (χ4n) is 4.01. The Bertz CT molecular complexity index is 1130. The molecule has 0 unspecified atom stereocenters. The number of rotatable bonds is 5. The van der Waals surface area contributed by atoms with E-state index >= 15 is 0 Å². The standard InChI is InChI=1S/C26H21F6OP/c1-18(2)22(25(27,28)29)23(24(33)26(30,31)32)34(19-12-6-3-7-13-19,20-14-8-4-9-15-20)21-16-10-5-11-17-21/h3-17H,1-2H3. The maximum atomic E-state index is 14.5. The van der Waals surface area contributed by atoms with E-state index in [0.717, 1.165) is 13.8 Å². The second-order valence-electron chi connectivity index (χ2n) is 7.73. The number of ketones is 1. The van der Waals surface area contributed by atoms with Gasteiger partial charge >= 0.3 is 12.4 Å². The van der Waals surface area contributed by atoms with Crippen molar-refractivity contribution in [3.8, 4) is 0 Å². The number of Topliss-reactive ketones (excluding diaryl/α,β-unsaturated/α-hetero) is 1. The van der Waals surface area contributed by atoms with E-state index < -0.39 is 41.5 Å². The van der Waals surface area contributed by atoms with Crippen LogP contribution in [0.1, 0.15) is 13.8 Å². The Morgan fingerprint density at radius 1 is 0.588 bits per heavy atom. The van der Waals surface area contributed by atoms with Gasteiger partial charge in [0.15, 0.2) is 0 Å². The number of alkyl halides is 6. The average molecular weight is 494 g/mol. The van der Waals surface area contributed by atoms with Gasteiger partial charge in [0.05, 0.1) is 5.57 Å². The third kappa shape index (κ3) is 4.76. The Hall–Kier alpha value is -3.05. The minimum Gasteiger partial charge on any atom is -0.284 e. The molecule has 0 aliphatic rings. The Kier molecular flexibility index (Phi) is 7.27. The smallest absolute Gasteiger partial charge is 0.284 e. The first kappa shape index (κ1) is 25.6. The summed E-state index contributed by atoms with van der Waals surface area (Å²) in [5, 5.41) is -0.634. The van der Waals surface area contributed by atoms with E-state index in [2.05, 4.69) is 0 Å². The van der Waals surface area contributed by atoms with Crippen LogP contribution in [0.2, 0.25) is 0 Å². The number of allylic oxidation sites excluding steroid dienone is 2. The summed E-state index contributed by atoms with van der Waals surface area (Å²) >= 11 is 0. The molecule has 0 aromatic heterocycles. The largest absolute Gasteiger partial charge is 0.454 e. The van der Waals surface area contributed by atoms with Crippen molar-refractivity contribution in [2.24, 2.45) is 0 Å². The Balaban J connectivity index is 2.82. The molecule has 0 spiro atoms. The molecular formula is C26H21F6OP. The molecule has 0 heterocycles. The van der Waals surface area contributed by atoms with Gasteiger partial charge < -0.3 is 0 Å². The fraction of sp³-hybridized carbons (Fsp3) is 0.154. The van der Waals surface area contributed by atoms with Gasteiger partial charge in [-0.05, 0) is 36.6 Å². The molecule has 0 radical (unpaired) electrons. The van der Waals surface area contributed by atoms with E-state index in [-0.39, 0.29) is 15.9 Å². The molecule has 0 saturated carbocycles. The van der Waals surface area contributed by atoms with Crippen LogP contribution in [0.3, 0.4) is 0 Å². The van der Waals surface area contributed by atoms with Gasteiger partial charge in [0.25, 0.3) is 5.78 Å². The molecule has 3 aromatic rings. The predicted octanol–water partition coefficient (Wildman–Crippen LogP) is 6.18. The van der Waals surface area contributed by atoms with Crippen LogP contribution in [0.15, 0.2) is 102 Å². The van der Waals surface area contributed by atoms with Crippen LogP contribution in [0.5, 0.6) is 0 Å². The van der Waals surface area contributed by atoms with Crippen molar-refractivity contribution >= 4 is 33.9 Å². The number of carbonyl (C=O) groups is 1. The topological polar surface area (TPSA) is 17.1 Å². The molecule has 0 aliphatic heterocycles. The van der Waals surface area contributed by atoms with Crippen molar-refractivity contribution in [3.05, 3.63) is 102 Å². The van der Waals surface area contributed by atoms with Crippen LogP contribution in [-0.2, 0) is 4.79 Å². The first-order valence-electron chi connectivity index (χ1n) is 10.2. The van der Waals surface area contributed by atoms with Gasteiger partial charge in [0, 0.05) is 5.29 Å².